The van der Waals surface area contributed by atoms with Gasteiger partial charge in [-0.2, -0.15) is 18.2 Å². The molecule has 12 nitrogen and oxygen atoms in total. The zero-order chi connectivity index (χ0) is 32.7. The molecule has 1 aliphatic heterocycles. The van der Waals surface area contributed by atoms with Crippen LogP contribution in [0.15, 0.2) is 58.5 Å². The molecule has 1 aliphatic rings. The van der Waals surface area contributed by atoms with Gasteiger partial charge in [0.15, 0.2) is 0 Å². The Labute approximate surface area is 259 Å². The van der Waals surface area contributed by atoms with Crippen molar-refractivity contribution in [2.45, 2.75) is 28.8 Å². The number of hydrogen-bond acceptors (Lipinski definition) is 10. The zero-order valence-corrected chi connectivity index (χ0v) is 26.0. The number of anilines is 3. The van der Waals surface area contributed by atoms with Gasteiger partial charge in [0.1, 0.15) is 18.2 Å². The third kappa shape index (κ3) is 9.52. The number of ether oxygens (including phenoxy) is 1. The van der Waals surface area contributed by atoms with Gasteiger partial charge >= 0.3 is 6.18 Å². The molecule has 2 heterocycles. The summed E-state index contributed by atoms with van der Waals surface area (Å²) >= 11 is 0. The molecule has 0 atom stereocenters. The van der Waals surface area contributed by atoms with Crippen LogP contribution in [0.4, 0.5) is 30.6 Å². The number of halogens is 3. The van der Waals surface area contributed by atoms with E-state index in [4.69, 9.17) is 4.74 Å². The van der Waals surface area contributed by atoms with E-state index in [1.807, 2.05) is 0 Å². The Balaban J connectivity index is 1.43. The summed E-state index contributed by atoms with van der Waals surface area (Å²) in [5, 5.41) is 6.08. The Hall–Kier alpha value is -3.95. The fraction of sp³-hybridized carbons (Fsp3) is 0.357. The van der Waals surface area contributed by atoms with Gasteiger partial charge in [0.25, 0.3) is 0 Å². The van der Waals surface area contributed by atoms with Crippen molar-refractivity contribution >= 4 is 37.5 Å². The van der Waals surface area contributed by atoms with Crippen LogP contribution < -0.4 is 24.8 Å². The number of alkyl halides is 3. The van der Waals surface area contributed by atoms with Gasteiger partial charge in [0.2, 0.25) is 26.0 Å². The van der Waals surface area contributed by atoms with Crippen LogP contribution in [0.3, 0.4) is 0 Å². The highest BCUT2D eigenvalue weighted by Gasteiger charge is 2.36. The van der Waals surface area contributed by atoms with E-state index in [2.05, 4.69) is 41.9 Å². The van der Waals surface area contributed by atoms with Crippen molar-refractivity contribution in [3.8, 4) is 17.6 Å². The van der Waals surface area contributed by atoms with Gasteiger partial charge in [-0.05, 0) is 56.9 Å². The van der Waals surface area contributed by atoms with E-state index in [0.29, 0.717) is 42.6 Å². The minimum atomic E-state index is -4.82. The molecule has 242 valence electrons. The highest BCUT2D eigenvalue weighted by atomic mass is 32.2. The topological polar surface area (TPSA) is 155 Å². The molecule has 45 heavy (non-hydrogen) atoms. The molecule has 4 rings (SSSR count). The highest BCUT2D eigenvalue weighted by molar-refractivity contribution is 7.89. The number of sulfonamides is 2. The number of benzene rings is 2. The molecule has 0 saturated heterocycles. The molecular formula is C28H32F3N7O5S2. The van der Waals surface area contributed by atoms with Crippen LogP contribution >= 0.6 is 0 Å². The summed E-state index contributed by atoms with van der Waals surface area (Å²) in [6.07, 6.45) is -2.88. The first kappa shape index (κ1) is 33.9. The molecule has 0 radical (unpaired) electrons. The summed E-state index contributed by atoms with van der Waals surface area (Å²) in [5.41, 5.74) is -0.316. The van der Waals surface area contributed by atoms with Crippen molar-refractivity contribution in [1.82, 2.24) is 24.3 Å². The number of hydrogen-bond donors (Lipinski definition) is 4. The third-order valence-corrected chi connectivity index (χ3v) is 9.17. The van der Waals surface area contributed by atoms with E-state index in [-0.39, 0.29) is 37.0 Å². The molecule has 1 aromatic heterocycles. The smallest absolute Gasteiger partial charge is 0.420 e. The summed E-state index contributed by atoms with van der Waals surface area (Å²) in [5.74, 6) is 5.82. The second-order valence-electron chi connectivity index (χ2n) is 10.0. The van der Waals surface area contributed by atoms with Crippen molar-refractivity contribution in [3.63, 3.8) is 0 Å². The molecule has 0 fully saturated rings. The largest absolute Gasteiger partial charge is 0.492 e. The molecular weight excluding hydrogens is 635 g/mol. The van der Waals surface area contributed by atoms with Crippen molar-refractivity contribution in [3.05, 3.63) is 59.8 Å². The molecule has 17 heteroatoms. The SMILES string of the molecule is CN(C)CCOc1ccc(S(=O)(=O)NCCC#Cc2cnc3nc2NCCCNS(=O)(=O)c2cccc(c2)N3)cc1C(F)(F)F. The van der Waals surface area contributed by atoms with Crippen LogP contribution in [-0.4, -0.2) is 78.6 Å². The van der Waals surface area contributed by atoms with Crippen LogP contribution in [0.25, 0.3) is 0 Å². The summed E-state index contributed by atoms with van der Waals surface area (Å²) in [6, 6.07) is 8.81. The number of nitrogens with zero attached hydrogens (tertiary/aromatic N) is 3. The average molecular weight is 668 g/mol. The fourth-order valence-electron chi connectivity index (χ4n) is 3.97. The van der Waals surface area contributed by atoms with Gasteiger partial charge < -0.3 is 20.3 Å². The summed E-state index contributed by atoms with van der Waals surface area (Å²) < 4.78 is 102. The Morgan fingerprint density at radius 2 is 1.93 bits per heavy atom. The highest BCUT2D eigenvalue weighted by Crippen LogP contribution is 2.37. The standard InChI is InChI=1S/C28H32F3N7O5S2/c1-38(2)15-16-43-25-11-10-23(18-24(25)28(29,30)31)45(41,42)34-13-4-3-7-20-19-33-27-36-21-8-5-9-22(17-21)44(39,40)35-14-6-12-32-26(20)37-27/h5,8-11,17-19,34-35H,4,6,12-16H2,1-2H3,(H2,32,33,36,37). The van der Waals surface area contributed by atoms with Crippen LogP contribution in [0.1, 0.15) is 24.0 Å². The second-order valence-corrected chi connectivity index (χ2v) is 13.6. The average Bonchev–Trinajstić information content (AvgIpc) is 2.97. The number of fused-ring (bicyclic) bond motifs is 4. The second kappa shape index (κ2) is 14.4. The fourth-order valence-corrected chi connectivity index (χ4v) is 6.15. The van der Waals surface area contributed by atoms with E-state index in [1.54, 1.807) is 31.1 Å². The van der Waals surface area contributed by atoms with Crippen molar-refractivity contribution in [1.29, 1.82) is 0 Å². The molecule has 0 spiro atoms. The Morgan fingerprint density at radius 1 is 1.13 bits per heavy atom. The number of likely N-dealkylation sites (N-methyl/N-ethyl adjacent to an activating group) is 1. The lowest BCUT2D eigenvalue weighted by Gasteiger charge is -2.17. The third-order valence-electron chi connectivity index (χ3n) is 6.26. The van der Waals surface area contributed by atoms with Gasteiger partial charge in [-0.25, -0.2) is 31.3 Å². The molecule has 4 N–H and O–H groups in total. The number of rotatable bonds is 8. The van der Waals surface area contributed by atoms with Crippen molar-refractivity contribution in [2.75, 3.05) is 57.5 Å². The Kier molecular flexibility index (Phi) is 10.9. The lowest BCUT2D eigenvalue weighted by Crippen LogP contribution is -2.26. The first-order valence-corrected chi connectivity index (χ1v) is 16.7. The monoisotopic (exact) mass is 667 g/mol. The first-order chi connectivity index (χ1) is 21.2. The minimum absolute atomic E-state index is 0.00396. The van der Waals surface area contributed by atoms with Gasteiger partial charge in [-0.3, -0.25) is 0 Å². The molecule has 4 bridgehead atoms. The maximum Gasteiger partial charge on any atom is 0.420 e. The van der Waals surface area contributed by atoms with E-state index in [0.717, 1.165) is 12.1 Å². The lowest BCUT2D eigenvalue weighted by atomic mass is 10.2. The molecule has 0 aliphatic carbocycles. The Bertz CT molecular complexity index is 1790. The van der Waals surface area contributed by atoms with Gasteiger partial charge in [0, 0.05) is 38.3 Å². The summed E-state index contributed by atoms with van der Waals surface area (Å²) in [6.45, 7) is 0.754. The maximum atomic E-state index is 13.7. The number of nitrogens with one attached hydrogen (secondary N) is 4. The molecule has 0 amide bonds. The lowest BCUT2D eigenvalue weighted by molar-refractivity contribution is -0.139. The van der Waals surface area contributed by atoms with E-state index in [9.17, 15) is 30.0 Å². The summed E-state index contributed by atoms with van der Waals surface area (Å²) in [7, 11) is -4.48. The van der Waals surface area contributed by atoms with Crippen molar-refractivity contribution in [2.24, 2.45) is 0 Å². The van der Waals surface area contributed by atoms with E-state index < -0.39 is 42.4 Å². The van der Waals surface area contributed by atoms with E-state index >= 15 is 0 Å². The molecule has 3 aromatic rings. The molecule has 0 unspecified atom stereocenters. The predicted molar refractivity (Wildman–Crippen MR) is 162 cm³/mol. The number of aromatic nitrogens is 2. The van der Waals surface area contributed by atoms with Crippen LogP contribution in [0.2, 0.25) is 0 Å². The van der Waals surface area contributed by atoms with Crippen LogP contribution in [-0.2, 0) is 26.2 Å². The van der Waals surface area contributed by atoms with Crippen molar-refractivity contribution < 1.29 is 34.7 Å². The first-order valence-electron chi connectivity index (χ1n) is 13.7. The van der Waals surface area contributed by atoms with Crippen LogP contribution in [0.5, 0.6) is 5.75 Å². The molecule has 2 aromatic carbocycles. The van der Waals surface area contributed by atoms with Gasteiger partial charge in [-0.1, -0.05) is 17.9 Å². The predicted octanol–water partition coefficient (Wildman–Crippen LogP) is 2.99. The van der Waals surface area contributed by atoms with E-state index in [1.165, 1.54) is 18.3 Å². The normalized spacial score (nSPS) is 14.9. The minimum Gasteiger partial charge on any atom is -0.492 e. The Morgan fingerprint density at radius 3 is 2.69 bits per heavy atom. The van der Waals surface area contributed by atoms with Crippen LogP contribution in [0, 0.1) is 11.8 Å². The van der Waals surface area contributed by atoms with Gasteiger partial charge in [0.05, 0.1) is 27.1 Å². The maximum absolute atomic E-state index is 13.7. The van der Waals surface area contributed by atoms with Gasteiger partial charge in [-0.15, -0.1) is 0 Å². The molecule has 0 saturated carbocycles. The zero-order valence-electron chi connectivity index (χ0n) is 24.4. The summed E-state index contributed by atoms with van der Waals surface area (Å²) in [4.78, 5) is 9.97. The quantitative estimate of drug-likeness (QED) is 0.208.